The van der Waals surface area contributed by atoms with Gasteiger partial charge in [-0.25, -0.2) is 10.0 Å². The van der Waals surface area contributed by atoms with E-state index in [4.69, 9.17) is 0 Å². The quantitative estimate of drug-likeness (QED) is 0.690. The standard InChI is InChI=1S/C12H18S/c1-5-11-6-8-12(9-7-11)10-13(2,3)4/h5-9H,1,10H2,2-4H3. The van der Waals surface area contributed by atoms with E-state index in [-0.39, 0.29) is 0 Å². The second kappa shape index (κ2) is 4.01. The Bertz CT molecular complexity index is 277. The highest BCUT2D eigenvalue weighted by Gasteiger charge is 2.04. The van der Waals surface area contributed by atoms with Gasteiger partial charge in [0.15, 0.2) is 0 Å². The van der Waals surface area contributed by atoms with Crippen LogP contribution in [-0.4, -0.2) is 18.8 Å². The summed E-state index contributed by atoms with van der Waals surface area (Å²) >= 11 is 0. The van der Waals surface area contributed by atoms with Crippen LogP contribution in [0, 0.1) is 0 Å². The van der Waals surface area contributed by atoms with Gasteiger partial charge in [-0.2, -0.15) is 0 Å². The van der Waals surface area contributed by atoms with Gasteiger partial charge in [-0.1, -0.05) is 36.9 Å². The van der Waals surface area contributed by atoms with Crippen molar-refractivity contribution < 1.29 is 0 Å². The molecule has 0 N–H and O–H groups in total. The summed E-state index contributed by atoms with van der Waals surface area (Å²) in [6.07, 6.45) is 8.91. The van der Waals surface area contributed by atoms with E-state index in [0.717, 1.165) is 0 Å². The van der Waals surface area contributed by atoms with Gasteiger partial charge in [0.05, 0.1) is 0 Å². The summed E-state index contributed by atoms with van der Waals surface area (Å²) < 4.78 is 0. The van der Waals surface area contributed by atoms with Gasteiger partial charge in [0.2, 0.25) is 0 Å². The number of hydrogen-bond donors (Lipinski definition) is 0. The molecule has 0 nitrogen and oxygen atoms in total. The Morgan fingerprint density at radius 2 is 1.69 bits per heavy atom. The summed E-state index contributed by atoms with van der Waals surface area (Å²) in [6, 6.07) is 8.67. The maximum Gasteiger partial charge on any atom is 0.00177 e. The monoisotopic (exact) mass is 194 g/mol. The van der Waals surface area contributed by atoms with Crippen molar-refractivity contribution in [1.82, 2.24) is 0 Å². The van der Waals surface area contributed by atoms with E-state index in [1.807, 2.05) is 6.08 Å². The molecule has 0 fully saturated rings. The van der Waals surface area contributed by atoms with Crippen LogP contribution >= 0.6 is 10.0 Å². The molecule has 1 aromatic carbocycles. The second-order valence-electron chi connectivity index (χ2n) is 4.18. The number of rotatable bonds is 3. The third-order valence-electron chi connectivity index (χ3n) is 1.82. The molecule has 0 amide bonds. The molecule has 0 aliphatic carbocycles. The Morgan fingerprint density at radius 3 is 2.08 bits per heavy atom. The van der Waals surface area contributed by atoms with Crippen LogP contribution in [0.3, 0.4) is 0 Å². The molecule has 0 spiro atoms. The molecular weight excluding hydrogens is 176 g/mol. The first-order valence-electron chi connectivity index (χ1n) is 4.39. The molecule has 0 radical (unpaired) electrons. The van der Waals surface area contributed by atoms with Crippen molar-refractivity contribution in [2.45, 2.75) is 5.75 Å². The van der Waals surface area contributed by atoms with Gasteiger partial charge in [-0.15, -0.1) is 0 Å². The van der Waals surface area contributed by atoms with E-state index in [2.05, 4.69) is 49.6 Å². The van der Waals surface area contributed by atoms with Crippen molar-refractivity contribution in [3.05, 3.63) is 42.0 Å². The molecule has 1 rings (SSSR count). The maximum absolute atomic E-state index is 3.74. The van der Waals surface area contributed by atoms with Gasteiger partial charge in [0, 0.05) is 5.75 Å². The number of hydrogen-bond acceptors (Lipinski definition) is 0. The fourth-order valence-electron chi connectivity index (χ4n) is 1.25. The summed E-state index contributed by atoms with van der Waals surface area (Å²) in [6.45, 7) is 3.74. The fraction of sp³-hybridized carbons (Fsp3) is 0.333. The smallest absolute Gasteiger partial charge is 0.00177 e. The largest absolute Gasteiger partial charge is 0.246 e. The van der Waals surface area contributed by atoms with Gasteiger partial charge >= 0.3 is 0 Å². The first-order valence-corrected chi connectivity index (χ1v) is 7.41. The molecule has 1 aromatic rings. The van der Waals surface area contributed by atoms with Crippen molar-refractivity contribution in [1.29, 1.82) is 0 Å². The summed E-state index contributed by atoms with van der Waals surface area (Å²) in [5, 5.41) is 0. The summed E-state index contributed by atoms with van der Waals surface area (Å²) in [5.74, 6) is 1.21. The molecular formula is C12H18S. The zero-order valence-electron chi connectivity index (χ0n) is 8.71. The van der Waals surface area contributed by atoms with Crippen molar-refractivity contribution in [3.8, 4) is 0 Å². The van der Waals surface area contributed by atoms with Crippen LogP contribution < -0.4 is 0 Å². The molecule has 1 heteroatoms. The van der Waals surface area contributed by atoms with Crippen LogP contribution in [0.1, 0.15) is 11.1 Å². The Kier molecular flexibility index (Phi) is 3.21. The average Bonchev–Trinajstić information content (AvgIpc) is 2.03. The second-order valence-corrected chi connectivity index (χ2v) is 8.65. The predicted molar refractivity (Wildman–Crippen MR) is 65.6 cm³/mol. The minimum absolute atomic E-state index is 0.423. The minimum Gasteiger partial charge on any atom is -0.246 e. The lowest BCUT2D eigenvalue weighted by Crippen LogP contribution is -1.96. The molecule has 0 bridgehead atoms. The van der Waals surface area contributed by atoms with Crippen LogP contribution in [0.15, 0.2) is 30.8 Å². The Labute approximate surface area is 83.0 Å². The van der Waals surface area contributed by atoms with Crippen LogP contribution in [0.2, 0.25) is 0 Å². The van der Waals surface area contributed by atoms with Crippen molar-refractivity contribution in [3.63, 3.8) is 0 Å². The molecule has 13 heavy (non-hydrogen) atoms. The molecule has 0 aliphatic rings. The molecule has 72 valence electrons. The minimum atomic E-state index is -0.423. The van der Waals surface area contributed by atoms with Crippen LogP contribution in [-0.2, 0) is 5.75 Å². The molecule has 0 unspecified atom stereocenters. The lowest BCUT2D eigenvalue weighted by atomic mass is 10.1. The van der Waals surface area contributed by atoms with E-state index in [0.29, 0.717) is 0 Å². The Balaban J connectivity index is 2.75. The van der Waals surface area contributed by atoms with E-state index < -0.39 is 10.0 Å². The van der Waals surface area contributed by atoms with Gasteiger partial charge in [-0.3, -0.25) is 0 Å². The van der Waals surface area contributed by atoms with E-state index >= 15 is 0 Å². The Hall–Kier alpha value is -0.690. The van der Waals surface area contributed by atoms with Crippen LogP contribution in [0.5, 0.6) is 0 Å². The highest BCUT2D eigenvalue weighted by molar-refractivity contribution is 8.31. The first kappa shape index (κ1) is 10.4. The third-order valence-corrected chi connectivity index (χ3v) is 3.01. The molecule has 0 aliphatic heterocycles. The van der Waals surface area contributed by atoms with Gasteiger partial charge in [-0.05, 0) is 29.9 Å². The van der Waals surface area contributed by atoms with Gasteiger partial charge < -0.3 is 0 Å². The van der Waals surface area contributed by atoms with E-state index in [9.17, 15) is 0 Å². The van der Waals surface area contributed by atoms with Crippen molar-refractivity contribution >= 4 is 16.1 Å². The topological polar surface area (TPSA) is 0 Å². The van der Waals surface area contributed by atoms with Gasteiger partial charge in [0.25, 0.3) is 0 Å². The highest BCUT2D eigenvalue weighted by atomic mass is 32.3. The molecule has 0 saturated heterocycles. The summed E-state index contributed by atoms with van der Waals surface area (Å²) in [5.41, 5.74) is 2.64. The highest BCUT2D eigenvalue weighted by Crippen LogP contribution is 2.38. The maximum atomic E-state index is 3.74. The normalized spacial score (nSPS) is 12.5. The first-order chi connectivity index (χ1) is 6.01. The van der Waals surface area contributed by atoms with Crippen molar-refractivity contribution in [2.75, 3.05) is 18.8 Å². The molecule has 0 aromatic heterocycles. The van der Waals surface area contributed by atoms with E-state index in [1.54, 1.807) is 0 Å². The third kappa shape index (κ3) is 3.69. The van der Waals surface area contributed by atoms with Crippen molar-refractivity contribution in [2.24, 2.45) is 0 Å². The zero-order valence-corrected chi connectivity index (χ0v) is 9.53. The lowest BCUT2D eigenvalue weighted by molar-refractivity contribution is 1.39. The predicted octanol–water partition coefficient (Wildman–Crippen LogP) is 3.52. The zero-order chi connectivity index (χ0) is 9.90. The molecule has 0 atom stereocenters. The average molecular weight is 194 g/mol. The SMILES string of the molecule is C=Cc1ccc(CS(C)(C)C)cc1. The fourth-order valence-corrected chi connectivity index (χ4v) is 2.44. The lowest BCUT2D eigenvalue weighted by Gasteiger charge is -2.25. The summed E-state index contributed by atoms with van der Waals surface area (Å²) in [4.78, 5) is 0. The molecule has 0 saturated carbocycles. The summed E-state index contributed by atoms with van der Waals surface area (Å²) in [7, 11) is -0.423. The van der Waals surface area contributed by atoms with Crippen LogP contribution in [0.4, 0.5) is 0 Å². The van der Waals surface area contributed by atoms with Crippen LogP contribution in [0.25, 0.3) is 6.08 Å². The van der Waals surface area contributed by atoms with E-state index in [1.165, 1.54) is 16.9 Å². The Morgan fingerprint density at radius 1 is 1.15 bits per heavy atom. The number of benzene rings is 1. The van der Waals surface area contributed by atoms with Gasteiger partial charge in [0.1, 0.15) is 0 Å². The molecule has 0 heterocycles.